The summed E-state index contributed by atoms with van der Waals surface area (Å²) in [5.74, 6) is -0.104. The summed E-state index contributed by atoms with van der Waals surface area (Å²) in [5, 5.41) is 0.406. The third kappa shape index (κ3) is 4.10. The molecule has 1 heterocycles. The lowest BCUT2D eigenvalue weighted by molar-refractivity contribution is 0.397. The van der Waals surface area contributed by atoms with E-state index in [4.69, 9.17) is 39.5 Å². The summed E-state index contributed by atoms with van der Waals surface area (Å²) in [6, 6.07) is 5.26. The van der Waals surface area contributed by atoms with Crippen molar-refractivity contribution in [3.05, 3.63) is 39.5 Å². The Labute approximate surface area is 136 Å². The molecule has 0 atom stereocenters. The fourth-order valence-electron chi connectivity index (χ4n) is 1.41. The van der Waals surface area contributed by atoms with E-state index in [1.807, 2.05) is 0 Å². The van der Waals surface area contributed by atoms with Gasteiger partial charge < -0.3 is 4.74 Å². The van der Waals surface area contributed by atoms with Gasteiger partial charge in [0.25, 0.3) is 10.0 Å². The highest BCUT2D eigenvalue weighted by Gasteiger charge is 2.18. The lowest BCUT2D eigenvalue weighted by atomic mass is 10.4. The zero-order chi connectivity index (χ0) is 15.6. The molecule has 0 fully saturated rings. The van der Waals surface area contributed by atoms with Crippen LogP contribution < -0.4 is 9.46 Å². The Morgan fingerprint density at radius 2 is 1.67 bits per heavy atom. The Hall–Kier alpha value is -1.28. The predicted octanol–water partition coefficient (Wildman–Crippen LogP) is 3.25. The van der Waals surface area contributed by atoms with Crippen molar-refractivity contribution in [2.24, 2.45) is 0 Å². The first-order valence-electron chi connectivity index (χ1n) is 5.37. The van der Waals surface area contributed by atoms with Crippen LogP contribution in [0, 0.1) is 0 Å². The van der Waals surface area contributed by atoms with Crippen molar-refractivity contribution < 1.29 is 13.2 Å². The van der Waals surface area contributed by atoms with Crippen LogP contribution in [0.3, 0.4) is 0 Å². The van der Waals surface area contributed by atoms with E-state index in [2.05, 4.69) is 14.7 Å². The van der Waals surface area contributed by atoms with Gasteiger partial charge in [-0.15, -0.1) is 0 Å². The molecule has 0 amide bonds. The largest absolute Gasteiger partial charge is 0.481 e. The molecule has 2 aromatic rings. The molecule has 1 N–H and O–H groups in total. The van der Waals surface area contributed by atoms with Gasteiger partial charge >= 0.3 is 0 Å². The molecule has 0 bridgehead atoms. The Bertz CT molecular complexity index is 763. The van der Waals surface area contributed by atoms with Gasteiger partial charge in [0.15, 0.2) is 0 Å². The number of benzene rings is 1. The zero-order valence-electron chi connectivity index (χ0n) is 10.5. The van der Waals surface area contributed by atoms with Crippen molar-refractivity contribution in [2.45, 2.75) is 4.90 Å². The first-order chi connectivity index (χ1) is 9.80. The van der Waals surface area contributed by atoms with Gasteiger partial charge in [-0.05, 0) is 18.2 Å². The average molecular weight is 369 g/mol. The van der Waals surface area contributed by atoms with Crippen LogP contribution in [-0.2, 0) is 10.0 Å². The van der Waals surface area contributed by atoms with Crippen LogP contribution in [-0.4, -0.2) is 25.5 Å². The minimum atomic E-state index is -3.96. The van der Waals surface area contributed by atoms with E-state index in [9.17, 15) is 8.42 Å². The van der Waals surface area contributed by atoms with E-state index in [1.54, 1.807) is 0 Å². The van der Waals surface area contributed by atoms with Crippen molar-refractivity contribution in [1.82, 2.24) is 9.97 Å². The number of anilines is 1. The summed E-state index contributed by atoms with van der Waals surface area (Å²) in [4.78, 5) is 7.47. The summed E-state index contributed by atoms with van der Waals surface area (Å²) in [6.07, 6.45) is 0. The number of nitrogens with zero attached hydrogens (tertiary/aromatic N) is 2. The quantitative estimate of drug-likeness (QED) is 0.838. The number of sulfonamides is 1. The molecule has 2 rings (SSSR count). The number of rotatable bonds is 4. The Morgan fingerprint density at radius 1 is 1.05 bits per heavy atom. The van der Waals surface area contributed by atoms with Crippen LogP contribution in [0.15, 0.2) is 29.2 Å². The zero-order valence-corrected chi connectivity index (χ0v) is 13.6. The van der Waals surface area contributed by atoms with Crippen molar-refractivity contribution in [1.29, 1.82) is 0 Å². The Kier molecular flexibility index (Phi) is 4.77. The molecule has 10 heteroatoms. The van der Waals surface area contributed by atoms with Crippen molar-refractivity contribution in [2.75, 3.05) is 11.8 Å². The maximum atomic E-state index is 12.2. The van der Waals surface area contributed by atoms with Crippen molar-refractivity contribution >= 4 is 50.8 Å². The Balaban J connectivity index is 2.39. The van der Waals surface area contributed by atoms with Crippen LogP contribution in [0.2, 0.25) is 15.2 Å². The SMILES string of the molecule is COc1cc(Cl)nc(NS(=O)(=O)c2cc(Cl)cc(Cl)c2)n1. The summed E-state index contributed by atoms with van der Waals surface area (Å²) in [5.41, 5.74) is 0. The van der Waals surface area contributed by atoms with Crippen molar-refractivity contribution in [3.63, 3.8) is 0 Å². The number of nitrogens with one attached hydrogen (secondary N) is 1. The van der Waals surface area contributed by atoms with E-state index in [0.717, 1.165) is 0 Å². The van der Waals surface area contributed by atoms with E-state index in [-0.39, 0.29) is 31.9 Å². The lowest BCUT2D eigenvalue weighted by Crippen LogP contribution is -2.15. The van der Waals surface area contributed by atoms with E-state index >= 15 is 0 Å². The number of hydrogen-bond donors (Lipinski definition) is 1. The molecule has 1 aromatic heterocycles. The first kappa shape index (κ1) is 16.1. The van der Waals surface area contributed by atoms with Gasteiger partial charge in [0.2, 0.25) is 11.8 Å². The van der Waals surface area contributed by atoms with Gasteiger partial charge in [-0.2, -0.15) is 4.98 Å². The van der Waals surface area contributed by atoms with E-state index in [0.29, 0.717) is 0 Å². The minimum absolute atomic E-state index is 0.0312. The molecule has 0 aliphatic carbocycles. The monoisotopic (exact) mass is 367 g/mol. The summed E-state index contributed by atoms with van der Waals surface area (Å²) < 4.78 is 31.5. The van der Waals surface area contributed by atoms with Crippen LogP contribution in [0.1, 0.15) is 0 Å². The summed E-state index contributed by atoms with van der Waals surface area (Å²) in [7, 11) is -2.59. The summed E-state index contributed by atoms with van der Waals surface area (Å²) >= 11 is 17.3. The van der Waals surface area contributed by atoms with Crippen LogP contribution in [0.25, 0.3) is 0 Å². The molecule has 0 aliphatic rings. The van der Waals surface area contributed by atoms with Gasteiger partial charge in [0, 0.05) is 16.1 Å². The molecule has 0 unspecified atom stereocenters. The number of hydrogen-bond acceptors (Lipinski definition) is 5. The molecule has 0 radical (unpaired) electrons. The lowest BCUT2D eigenvalue weighted by Gasteiger charge is -2.08. The molecule has 0 aliphatic heterocycles. The van der Waals surface area contributed by atoms with Gasteiger partial charge in [-0.25, -0.2) is 18.1 Å². The standard InChI is InChI=1S/C11H8Cl3N3O3S/c1-20-10-5-9(14)15-11(16-10)17-21(18,19)8-3-6(12)2-7(13)4-8/h2-5H,1H3,(H,15,16,17). The fraction of sp³-hybridized carbons (Fsp3) is 0.0909. The molecule has 112 valence electrons. The Morgan fingerprint density at radius 3 is 2.24 bits per heavy atom. The maximum Gasteiger partial charge on any atom is 0.264 e. The second-order valence-corrected chi connectivity index (χ2v) is 6.71. The molecule has 0 spiro atoms. The van der Waals surface area contributed by atoms with E-state index in [1.165, 1.54) is 31.4 Å². The third-order valence-corrected chi connectivity index (χ3v) is 4.19. The normalized spacial score (nSPS) is 11.2. The predicted molar refractivity (Wildman–Crippen MR) is 80.9 cm³/mol. The number of ether oxygens (including phenoxy) is 1. The molecular weight excluding hydrogens is 361 g/mol. The number of methoxy groups -OCH3 is 1. The topological polar surface area (TPSA) is 81.2 Å². The third-order valence-electron chi connectivity index (χ3n) is 2.25. The molecule has 21 heavy (non-hydrogen) atoms. The van der Waals surface area contributed by atoms with Crippen LogP contribution in [0.4, 0.5) is 5.95 Å². The second kappa shape index (κ2) is 6.23. The first-order valence-corrected chi connectivity index (χ1v) is 7.99. The second-order valence-electron chi connectivity index (χ2n) is 3.77. The molecule has 0 saturated heterocycles. The molecule has 0 saturated carbocycles. The van der Waals surface area contributed by atoms with Crippen LogP contribution >= 0.6 is 34.8 Å². The molecule has 1 aromatic carbocycles. The van der Waals surface area contributed by atoms with Gasteiger partial charge in [0.1, 0.15) is 5.15 Å². The molecule has 6 nitrogen and oxygen atoms in total. The van der Waals surface area contributed by atoms with Gasteiger partial charge in [0.05, 0.1) is 12.0 Å². The highest BCUT2D eigenvalue weighted by Crippen LogP contribution is 2.24. The average Bonchev–Trinajstić information content (AvgIpc) is 2.36. The van der Waals surface area contributed by atoms with Gasteiger partial charge in [-0.3, -0.25) is 0 Å². The number of halogens is 3. The van der Waals surface area contributed by atoms with E-state index < -0.39 is 10.0 Å². The highest BCUT2D eigenvalue weighted by atomic mass is 35.5. The maximum absolute atomic E-state index is 12.2. The molecular formula is C11H8Cl3N3O3S. The van der Waals surface area contributed by atoms with Crippen LogP contribution in [0.5, 0.6) is 5.88 Å². The minimum Gasteiger partial charge on any atom is -0.481 e. The fourth-order valence-corrected chi connectivity index (χ4v) is 3.25. The number of aromatic nitrogens is 2. The summed E-state index contributed by atoms with van der Waals surface area (Å²) in [6.45, 7) is 0. The van der Waals surface area contributed by atoms with Crippen molar-refractivity contribution in [3.8, 4) is 5.88 Å². The highest BCUT2D eigenvalue weighted by molar-refractivity contribution is 7.92. The smallest absolute Gasteiger partial charge is 0.264 e. The van der Waals surface area contributed by atoms with Gasteiger partial charge in [-0.1, -0.05) is 34.8 Å².